The van der Waals surface area contributed by atoms with Crippen LogP contribution in [0.15, 0.2) is 41.0 Å². The highest BCUT2D eigenvalue weighted by Gasteiger charge is 2.28. The van der Waals surface area contributed by atoms with E-state index < -0.39 is 0 Å². The molecule has 1 aliphatic heterocycles. The van der Waals surface area contributed by atoms with Gasteiger partial charge in [0, 0.05) is 13.1 Å². The van der Waals surface area contributed by atoms with Crippen molar-refractivity contribution in [2.75, 3.05) is 6.54 Å². The summed E-state index contributed by atoms with van der Waals surface area (Å²) < 4.78 is 5.59. The van der Waals surface area contributed by atoms with Crippen molar-refractivity contribution in [1.82, 2.24) is 20.2 Å². The van der Waals surface area contributed by atoms with Gasteiger partial charge in [-0.05, 0) is 49.6 Å². The maximum atomic E-state index is 12.9. The van der Waals surface area contributed by atoms with Crippen molar-refractivity contribution >= 4 is 17.1 Å². The maximum Gasteiger partial charge on any atom is 0.318 e. The highest BCUT2D eigenvalue weighted by Crippen LogP contribution is 2.30. The number of fused-ring (bicyclic) bond motifs is 1. The molecule has 26 heavy (non-hydrogen) atoms. The fourth-order valence-electron chi connectivity index (χ4n) is 3.70. The number of rotatable bonds is 3. The van der Waals surface area contributed by atoms with Crippen LogP contribution in [0, 0.1) is 6.92 Å². The zero-order chi connectivity index (χ0) is 17.9. The lowest BCUT2D eigenvalue weighted by atomic mass is 10.1. The van der Waals surface area contributed by atoms with Crippen LogP contribution in [0.1, 0.15) is 48.9 Å². The van der Waals surface area contributed by atoms with Crippen molar-refractivity contribution in [3.8, 4) is 0 Å². The summed E-state index contributed by atoms with van der Waals surface area (Å²) in [7, 11) is 0. The number of aromatic nitrogens is 2. The minimum atomic E-state index is -0.0332. The Labute approximate surface area is 152 Å². The third kappa shape index (κ3) is 3.45. The molecule has 6 nitrogen and oxygen atoms in total. The van der Waals surface area contributed by atoms with E-state index in [1.807, 2.05) is 42.2 Å². The summed E-state index contributed by atoms with van der Waals surface area (Å²) in [6.07, 6.45) is 5.92. The second-order valence-electron chi connectivity index (χ2n) is 6.91. The number of H-pyrrole nitrogens is 1. The Morgan fingerprint density at radius 2 is 2.27 bits per heavy atom. The van der Waals surface area contributed by atoms with Crippen LogP contribution in [0.2, 0.25) is 0 Å². The van der Waals surface area contributed by atoms with Gasteiger partial charge >= 0.3 is 6.03 Å². The van der Waals surface area contributed by atoms with E-state index in [1.165, 1.54) is 0 Å². The fourth-order valence-corrected chi connectivity index (χ4v) is 3.70. The molecule has 0 aliphatic carbocycles. The van der Waals surface area contributed by atoms with E-state index in [0.29, 0.717) is 6.54 Å². The largest absolute Gasteiger partial charge is 0.467 e. The third-order valence-corrected chi connectivity index (χ3v) is 4.99. The molecule has 6 heteroatoms. The van der Waals surface area contributed by atoms with Gasteiger partial charge in [-0.15, -0.1) is 0 Å². The minimum absolute atomic E-state index is 0.0187. The highest BCUT2D eigenvalue weighted by atomic mass is 16.3. The second-order valence-corrected chi connectivity index (χ2v) is 6.91. The van der Waals surface area contributed by atoms with Crippen LogP contribution < -0.4 is 5.32 Å². The number of likely N-dealkylation sites (tertiary alicyclic amines) is 1. The SMILES string of the molecule is Cc1nc2ccc(CNC(=O)N3CCCCC[C@@H]3c3ccco3)cc2[nH]1. The van der Waals surface area contributed by atoms with Crippen LogP contribution in [-0.2, 0) is 6.54 Å². The summed E-state index contributed by atoms with van der Waals surface area (Å²) in [5.41, 5.74) is 3.00. The molecule has 0 radical (unpaired) electrons. The first-order valence-electron chi connectivity index (χ1n) is 9.24. The fraction of sp³-hybridized carbons (Fsp3) is 0.400. The van der Waals surface area contributed by atoms with Crippen LogP contribution >= 0.6 is 0 Å². The Kier molecular flexibility index (Phi) is 4.65. The Balaban J connectivity index is 1.46. The molecule has 1 atom stereocenters. The average molecular weight is 352 g/mol. The smallest absolute Gasteiger partial charge is 0.318 e. The van der Waals surface area contributed by atoms with Gasteiger partial charge in [0.2, 0.25) is 0 Å². The third-order valence-electron chi connectivity index (χ3n) is 4.99. The molecule has 3 aromatic rings. The van der Waals surface area contributed by atoms with Crippen molar-refractivity contribution in [2.45, 2.75) is 45.2 Å². The summed E-state index contributed by atoms with van der Waals surface area (Å²) in [5, 5.41) is 3.07. The summed E-state index contributed by atoms with van der Waals surface area (Å²) in [5.74, 6) is 1.77. The number of nitrogens with one attached hydrogen (secondary N) is 2. The first kappa shape index (κ1) is 16.7. The predicted molar refractivity (Wildman–Crippen MR) is 99.7 cm³/mol. The van der Waals surface area contributed by atoms with E-state index in [9.17, 15) is 4.79 Å². The Morgan fingerprint density at radius 1 is 1.35 bits per heavy atom. The van der Waals surface area contributed by atoms with Crippen LogP contribution in [0.4, 0.5) is 4.79 Å². The topological polar surface area (TPSA) is 74.2 Å². The molecule has 0 spiro atoms. The normalized spacial score (nSPS) is 18.0. The lowest BCUT2D eigenvalue weighted by Gasteiger charge is -2.28. The van der Waals surface area contributed by atoms with Gasteiger partial charge in [0.15, 0.2) is 0 Å². The van der Waals surface area contributed by atoms with E-state index in [0.717, 1.165) is 60.4 Å². The van der Waals surface area contributed by atoms with E-state index >= 15 is 0 Å². The van der Waals surface area contributed by atoms with Gasteiger partial charge in [0.25, 0.3) is 0 Å². The number of benzene rings is 1. The second kappa shape index (κ2) is 7.23. The number of amides is 2. The quantitative estimate of drug-likeness (QED) is 0.738. The summed E-state index contributed by atoms with van der Waals surface area (Å²) in [6.45, 7) is 3.19. The van der Waals surface area contributed by atoms with Gasteiger partial charge in [-0.25, -0.2) is 9.78 Å². The van der Waals surface area contributed by atoms with Crippen molar-refractivity contribution in [3.63, 3.8) is 0 Å². The van der Waals surface area contributed by atoms with Gasteiger partial charge in [0.1, 0.15) is 11.6 Å². The summed E-state index contributed by atoms with van der Waals surface area (Å²) in [4.78, 5) is 22.4. The van der Waals surface area contributed by atoms with Gasteiger partial charge < -0.3 is 19.6 Å². The Hall–Kier alpha value is -2.76. The van der Waals surface area contributed by atoms with Crippen molar-refractivity contribution in [1.29, 1.82) is 0 Å². The van der Waals surface area contributed by atoms with Gasteiger partial charge in [-0.2, -0.15) is 0 Å². The number of carbonyl (C=O) groups is 1. The number of hydrogen-bond donors (Lipinski definition) is 2. The molecule has 3 heterocycles. The van der Waals surface area contributed by atoms with Crippen LogP contribution in [-0.4, -0.2) is 27.4 Å². The first-order chi connectivity index (χ1) is 12.7. The summed E-state index contributed by atoms with van der Waals surface area (Å²) in [6, 6.07) is 9.87. The van der Waals surface area contributed by atoms with Gasteiger partial charge in [-0.1, -0.05) is 18.9 Å². The van der Waals surface area contributed by atoms with Crippen LogP contribution in [0.3, 0.4) is 0 Å². The molecule has 1 aliphatic rings. The number of urea groups is 1. The molecule has 2 aromatic heterocycles. The van der Waals surface area contributed by atoms with E-state index in [1.54, 1.807) is 6.26 Å². The number of nitrogens with zero attached hydrogens (tertiary/aromatic N) is 2. The minimum Gasteiger partial charge on any atom is -0.467 e. The van der Waals surface area contributed by atoms with Crippen molar-refractivity contribution in [2.24, 2.45) is 0 Å². The summed E-state index contributed by atoms with van der Waals surface area (Å²) >= 11 is 0. The number of imidazole rings is 1. The molecule has 0 unspecified atom stereocenters. The molecule has 0 bridgehead atoms. The first-order valence-corrected chi connectivity index (χ1v) is 9.24. The van der Waals surface area contributed by atoms with E-state index in [4.69, 9.17) is 4.42 Å². The molecule has 1 saturated heterocycles. The lowest BCUT2D eigenvalue weighted by molar-refractivity contribution is 0.166. The number of furan rings is 1. The standard InChI is InChI=1S/C20H24N4O2/c1-14-22-16-9-8-15(12-17(16)23-14)13-21-20(25)24-10-4-2-3-6-18(24)19-7-5-11-26-19/h5,7-9,11-12,18H,2-4,6,10,13H2,1H3,(H,21,25)(H,22,23)/t18-/m1/s1. The molecular weight excluding hydrogens is 328 g/mol. The zero-order valence-corrected chi connectivity index (χ0v) is 15.0. The molecule has 4 rings (SSSR count). The number of aromatic amines is 1. The maximum absolute atomic E-state index is 12.9. The van der Waals surface area contributed by atoms with Crippen LogP contribution in [0.5, 0.6) is 0 Å². The molecule has 136 valence electrons. The molecule has 2 N–H and O–H groups in total. The molecule has 0 saturated carbocycles. The Morgan fingerprint density at radius 3 is 3.12 bits per heavy atom. The number of carbonyl (C=O) groups excluding carboxylic acids is 1. The molecule has 2 amide bonds. The van der Waals surface area contributed by atoms with E-state index in [2.05, 4.69) is 15.3 Å². The number of aryl methyl sites for hydroxylation is 1. The molecule has 1 aromatic carbocycles. The highest BCUT2D eigenvalue weighted by molar-refractivity contribution is 5.77. The average Bonchev–Trinajstić information content (AvgIpc) is 3.22. The van der Waals surface area contributed by atoms with Crippen molar-refractivity contribution < 1.29 is 9.21 Å². The van der Waals surface area contributed by atoms with E-state index in [-0.39, 0.29) is 12.1 Å². The monoisotopic (exact) mass is 352 g/mol. The molecule has 1 fully saturated rings. The van der Waals surface area contributed by atoms with Gasteiger partial charge in [0.05, 0.1) is 23.3 Å². The number of hydrogen-bond acceptors (Lipinski definition) is 3. The van der Waals surface area contributed by atoms with Crippen molar-refractivity contribution in [3.05, 3.63) is 53.7 Å². The molecular formula is C20H24N4O2. The zero-order valence-electron chi connectivity index (χ0n) is 15.0. The predicted octanol–water partition coefficient (Wildman–Crippen LogP) is 4.29. The Bertz CT molecular complexity index is 884. The lowest BCUT2D eigenvalue weighted by Crippen LogP contribution is -2.41. The van der Waals surface area contributed by atoms with Gasteiger partial charge in [-0.3, -0.25) is 0 Å². The van der Waals surface area contributed by atoms with Crippen LogP contribution in [0.25, 0.3) is 11.0 Å².